The molecule has 0 aliphatic heterocycles. The van der Waals surface area contributed by atoms with Crippen molar-refractivity contribution in [3.8, 4) is 0 Å². The Morgan fingerprint density at radius 1 is 1.23 bits per heavy atom. The summed E-state index contributed by atoms with van der Waals surface area (Å²) >= 11 is 0. The molecule has 0 fully saturated rings. The first kappa shape index (κ1) is 12.9. The van der Waals surface area contributed by atoms with Gasteiger partial charge in [-0.2, -0.15) is 0 Å². The minimum atomic E-state index is 0.340. The van der Waals surface area contributed by atoms with Crippen LogP contribution in [0.25, 0.3) is 0 Å². The van der Waals surface area contributed by atoms with Crippen molar-refractivity contribution in [2.75, 3.05) is 13.1 Å². The van der Waals surface area contributed by atoms with E-state index in [1.165, 1.54) is 0 Å². The lowest BCUT2D eigenvalue weighted by Crippen LogP contribution is -2.34. The van der Waals surface area contributed by atoms with Crippen molar-refractivity contribution < 1.29 is 0 Å². The maximum atomic E-state index is 5.93. The molecular weight excluding hydrogens is 160 g/mol. The third-order valence-electron chi connectivity index (χ3n) is 2.17. The molecule has 0 spiro atoms. The predicted molar refractivity (Wildman–Crippen MR) is 59.8 cm³/mol. The van der Waals surface area contributed by atoms with Gasteiger partial charge >= 0.3 is 0 Å². The second-order valence-corrected chi connectivity index (χ2v) is 5.43. The van der Waals surface area contributed by atoms with E-state index in [-0.39, 0.29) is 0 Å². The first-order chi connectivity index (χ1) is 5.83. The highest BCUT2D eigenvalue weighted by Gasteiger charge is 2.10. The summed E-state index contributed by atoms with van der Waals surface area (Å²) < 4.78 is 0. The molecule has 0 saturated carbocycles. The molecule has 0 heterocycles. The fourth-order valence-corrected chi connectivity index (χ4v) is 1.07. The van der Waals surface area contributed by atoms with Crippen molar-refractivity contribution in [1.29, 1.82) is 0 Å². The van der Waals surface area contributed by atoms with Crippen LogP contribution in [0.3, 0.4) is 0 Å². The van der Waals surface area contributed by atoms with Crippen molar-refractivity contribution in [2.24, 2.45) is 17.1 Å². The molecule has 0 aromatic rings. The summed E-state index contributed by atoms with van der Waals surface area (Å²) in [5.74, 6) is 0.594. The van der Waals surface area contributed by atoms with Crippen LogP contribution in [0.4, 0.5) is 0 Å². The molecule has 0 bridgehead atoms. The minimum absolute atomic E-state index is 0.340. The Morgan fingerprint density at radius 2 is 1.77 bits per heavy atom. The number of hydrogen-bond donors (Lipinski definition) is 2. The molecule has 0 amide bonds. The van der Waals surface area contributed by atoms with Gasteiger partial charge in [-0.15, -0.1) is 0 Å². The molecule has 3 N–H and O–H groups in total. The lowest BCUT2D eigenvalue weighted by Gasteiger charge is -2.20. The van der Waals surface area contributed by atoms with Crippen LogP contribution in [0, 0.1) is 11.3 Å². The van der Waals surface area contributed by atoms with Crippen LogP contribution in [-0.4, -0.2) is 19.1 Å². The summed E-state index contributed by atoms with van der Waals surface area (Å²) in [5.41, 5.74) is 6.30. The van der Waals surface area contributed by atoms with Crippen LogP contribution < -0.4 is 11.1 Å². The molecule has 2 heteroatoms. The maximum absolute atomic E-state index is 5.93. The van der Waals surface area contributed by atoms with Crippen molar-refractivity contribution in [3.05, 3.63) is 0 Å². The molecule has 1 unspecified atom stereocenters. The summed E-state index contributed by atoms with van der Waals surface area (Å²) in [6, 6.07) is 0.340. The van der Waals surface area contributed by atoms with E-state index in [1.807, 2.05) is 0 Å². The Hall–Kier alpha value is -0.0800. The molecule has 0 aromatic carbocycles. The highest BCUT2D eigenvalue weighted by atomic mass is 14.9. The van der Waals surface area contributed by atoms with E-state index in [9.17, 15) is 0 Å². The standard InChI is InChI=1S/C11H26N2/c1-9(2)10(12)6-7-13-8-11(3,4)5/h9-10,13H,6-8,12H2,1-5H3. The van der Waals surface area contributed by atoms with Gasteiger partial charge in [0, 0.05) is 6.04 Å². The molecule has 0 saturated heterocycles. The first-order valence-electron chi connectivity index (χ1n) is 5.29. The maximum Gasteiger partial charge on any atom is 0.00739 e. The monoisotopic (exact) mass is 186 g/mol. The third kappa shape index (κ3) is 8.26. The highest BCUT2D eigenvalue weighted by molar-refractivity contribution is 4.69. The summed E-state index contributed by atoms with van der Waals surface area (Å²) in [5, 5.41) is 3.43. The largest absolute Gasteiger partial charge is 0.327 e. The van der Waals surface area contributed by atoms with Crippen LogP contribution in [0.1, 0.15) is 41.0 Å². The Labute approximate surface area is 83.3 Å². The van der Waals surface area contributed by atoms with Crippen molar-refractivity contribution in [2.45, 2.75) is 47.1 Å². The normalized spacial score (nSPS) is 15.0. The zero-order valence-electron chi connectivity index (χ0n) is 9.85. The van der Waals surface area contributed by atoms with E-state index in [4.69, 9.17) is 5.73 Å². The second kappa shape index (κ2) is 5.61. The van der Waals surface area contributed by atoms with Gasteiger partial charge in [0.1, 0.15) is 0 Å². The summed E-state index contributed by atoms with van der Waals surface area (Å²) in [4.78, 5) is 0. The van der Waals surface area contributed by atoms with Gasteiger partial charge < -0.3 is 11.1 Å². The quantitative estimate of drug-likeness (QED) is 0.644. The number of nitrogens with one attached hydrogen (secondary N) is 1. The molecule has 0 rings (SSSR count). The zero-order chi connectivity index (χ0) is 10.5. The minimum Gasteiger partial charge on any atom is -0.327 e. The smallest absolute Gasteiger partial charge is 0.00739 e. The summed E-state index contributed by atoms with van der Waals surface area (Å²) in [6.45, 7) is 13.2. The Morgan fingerprint density at radius 3 is 2.15 bits per heavy atom. The van der Waals surface area contributed by atoms with E-state index >= 15 is 0 Å². The van der Waals surface area contributed by atoms with E-state index < -0.39 is 0 Å². The Balaban J connectivity index is 3.36. The summed E-state index contributed by atoms with van der Waals surface area (Å²) in [6.07, 6.45) is 1.08. The molecule has 80 valence electrons. The lowest BCUT2D eigenvalue weighted by atomic mass is 9.96. The van der Waals surface area contributed by atoms with Crippen molar-refractivity contribution >= 4 is 0 Å². The molecule has 1 atom stereocenters. The van der Waals surface area contributed by atoms with Gasteiger partial charge in [-0.3, -0.25) is 0 Å². The predicted octanol–water partition coefficient (Wildman–Crippen LogP) is 2.00. The molecule has 0 aliphatic carbocycles. The zero-order valence-corrected chi connectivity index (χ0v) is 9.85. The summed E-state index contributed by atoms with van der Waals surface area (Å²) in [7, 11) is 0. The Kier molecular flexibility index (Phi) is 5.57. The molecule has 2 nitrogen and oxygen atoms in total. The molecular formula is C11H26N2. The van der Waals surface area contributed by atoms with Gasteiger partial charge in [-0.1, -0.05) is 34.6 Å². The van der Waals surface area contributed by atoms with Crippen molar-refractivity contribution in [1.82, 2.24) is 5.32 Å². The molecule has 0 aromatic heterocycles. The van der Waals surface area contributed by atoms with Gasteiger partial charge in [0.2, 0.25) is 0 Å². The number of rotatable bonds is 5. The number of nitrogens with two attached hydrogens (primary N) is 1. The first-order valence-corrected chi connectivity index (χ1v) is 5.29. The second-order valence-electron chi connectivity index (χ2n) is 5.43. The average Bonchev–Trinajstić information content (AvgIpc) is 1.95. The van der Waals surface area contributed by atoms with Crippen LogP contribution in [-0.2, 0) is 0 Å². The van der Waals surface area contributed by atoms with Gasteiger partial charge in [0.15, 0.2) is 0 Å². The van der Waals surface area contributed by atoms with Gasteiger partial charge in [-0.25, -0.2) is 0 Å². The molecule has 0 aliphatic rings. The molecule has 0 radical (unpaired) electrons. The van der Waals surface area contributed by atoms with Crippen LogP contribution in [0.5, 0.6) is 0 Å². The van der Waals surface area contributed by atoms with Crippen LogP contribution in [0.15, 0.2) is 0 Å². The lowest BCUT2D eigenvalue weighted by molar-refractivity contribution is 0.366. The highest BCUT2D eigenvalue weighted by Crippen LogP contribution is 2.10. The van der Waals surface area contributed by atoms with E-state index in [0.717, 1.165) is 19.5 Å². The van der Waals surface area contributed by atoms with Crippen molar-refractivity contribution in [3.63, 3.8) is 0 Å². The van der Waals surface area contributed by atoms with Crippen LogP contribution in [0.2, 0.25) is 0 Å². The van der Waals surface area contributed by atoms with E-state index in [1.54, 1.807) is 0 Å². The average molecular weight is 186 g/mol. The topological polar surface area (TPSA) is 38.0 Å². The van der Waals surface area contributed by atoms with E-state index in [2.05, 4.69) is 39.9 Å². The Bertz CT molecular complexity index is 125. The number of hydrogen-bond acceptors (Lipinski definition) is 2. The SMILES string of the molecule is CC(C)C(N)CCNCC(C)(C)C. The third-order valence-corrected chi connectivity index (χ3v) is 2.17. The molecule has 13 heavy (non-hydrogen) atoms. The fourth-order valence-electron chi connectivity index (χ4n) is 1.07. The van der Waals surface area contributed by atoms with Gasteiger partial charge in [0.05, 0.1) is 0 Å². The van der Waals surface area contributed by atoms with Gasteiger partial charge in [-0.05, 0) is 30.8 Å². The fraction of sp³-hybridized carbons (Fsp3) is 1.00. The van der Waals surface area contributed by atoms with Crippen LogP contribution >= 0.6 is 0 Å². The van der Waals surface area contributed by atoms with Gasteiger partial charge in [0.25, 0.3) is 0 Å². The van der Waals surface area contributed by atoms with E-state index in [0.29, 0.717) is 17.4 Å².